The molecule has 0 aliphatic rings. The number of halogens is 1. The zero-order valence-corrected chi connectivity index (χ0v) is 12.3. The quantitative estimate of drug-likeness (QED) is 0.877. The molecule has 20 heavy (non-hydrogen) atoms. The van der Waals surface area contributed by atoms with Crippen LogP contribution in [0.1, 0.15) is 29.7 Å². The molecular formula is C17H20FNO. The van der Waals surface area contributed by atoms with Crippen LogP contribution in [0.5, 0.6) is 5.75 Å². The largest absolute Gasteiger partial charge is 0.494 e. The zero-order chi connectivity index (χ0) is 14.7. The van der Waals surface area contributed by atoms with Gasteiger partial charge in [-0.1, -0.05) is 12.1 Å². The molecule has 2 aromatic rings. The molecule has 1 atom stereocenters. The standard InChI is InChI=1S/C17H20FNO/c1-11-7-12(2)9-15(8-11)19-13(3)14-5-6-17(20-4)16(18)10-14/h5-10,13,19H,1-4H3. The topological polar surface area (TPSA) is 21.3 Å². The molecule has 0 aliphatic carbocycles. The maximum atomic E-state index is 13.7. The lowest BCUT2D eigenvalue weighted by Crippen LogP contribution is -2.07. The van der Waals surface area contributed by atoms with Crippen LogP contribution < -0.4 is 10.1 Å². The lowest BCUT2D eigenvalue weighted by molar-refractivity contribution is 0.386. The van der Waals surface area contributed by atoms with Gasteiger partial charge in [0.1, 0.15) is 0 Å². The Morgan fingerprint density at radius 3 is 2.25 bits per heavy atom. The van der Waals surface area contributed by atoms with Crippen molar-refractivity contribution in [3.63, 3.8) is 0 Å². The van der Waals surface area contributed by atoms with Crippen LogP contribution >= 0.6 is 0 Å². The highest BCUT2D eigenvalue weighted by Crippen LogP contribution is 2.25. The smallest absolute Gasteiger partial charge is 0.165 e. The summed E-state index contributed by atoms with van der Waals surface area (Å²) < 4.78 is 18.7. The first kappa shape index (κ1) is 14.4. The van der Waals surface area contributed by atoms with Crippen LogP contribution in [0.4, 0.5) is 10.1 Å². The van der Waals surface area contributed by atoms with Gasteiger partial charge in [0.05, 0.1) is 7.11 Å². The molecule has 0 amide bonds. The van der Waals surface area contributed by atoms with Crippen molar-refractivity contribution in [2.75, 3.05) is 12.4 Å². The Labute approximate surface area is 119 Å². The van der Waals surface area contributed by atoms with E-state index in [4.69, 9.17) is 4.74 Å². The molecule has 3 heteroatoms. The van der Waals surface area contributed by atoms with Gasteiger partial charge >= 0.3 is 0 Å². The molecule has 2 aromatic carbocycles. The number of hydrogen-bond donors (Lipinski definition) is 1. The van der Waals surface area contributed by atoms with Crippen LogP contribution in [0.25, 0.3) is 0 Å². The molecule has 1 N–H and O–H groups in total. The normalized spacial score (nSPS) is 12.1. The van der Waals surface area contributed by atoms with E-state index in [-0.39, 0.29) is 17.6 Å². The van der Waals surface area contributed by atoms with Crippen molar-refractivity contribution in [2.24, 2.45) is 0 Å². The number of nitrogens with one attached hydrogen (secondary N) is 1. The van der Waals surface area contributed by atoms with Gasteiger partial charge in [-0.05, 0) is 61.7 Å². The first-order valence-corrected chi connectivity index (χ1v) is 6.68. The van der Waals surface area contributed by atoms with E-state index in [1.165, 1.54) is 24.3 Å². The van der Waals surface area contributed by atoms with Gasteiger partial charge in [-0.15, -0.1) is 0 Å². The molecule has 0 saturated heterocycles. The summed E-state index contributed by atoms with van der Waals surface area (Å²) in [5, 5.41) is 3.40. The monoisotopic (exact) mass is 273 g/mol. The van der Waals surface area contributed by atoms with E-state index in [0.29, 0.717) is 0 Å². The number of benzene rings is 2. The van der Waals surface area contributed by atoms with Crippen molar-refractivity contribution in [2.45, 2.75) is 26.8 Å². The van der Waals surface area contributed by atoms with Crippen molar-refractivity contribution >= 4 is 5.69 Å². The lowest BCUT2D eigenvalue weighted by atomic mass is 10.1. The summed E-state index contributed by atoms with van der Waals surface area (Å²) in [6.07, 6.45) is 0. The second-order valence-electron chi connectivity index (χ2n) is 5.14. The molecular weight excluding hydrogens is 253 g/mol. The number of rotatable bonds is 4. The summed E-state index contributed by atoms with van der Waals surface area (Å²) >= 11 is 0. The predicted octanol–water partition coefficient (Wildman–Crippen LogP) is 4.62. The second kappa shape index (κ2) is 5.95. The zero-order valence-electron chi connectivity index (χ0n) is 12.3. The van der Waals surface area contributed by atoms with Crippen molar-refractivity contribution in [3.8, 4) is 5.75 Å². The number of methoxy groups -OCH3 is 1. The third-order valence-electron chi connectivity index (χ3n) is 3.28. The Balaban J connectivity index is 2.19. The van der Waals surface area contributed by atoms with Gasteiger partial charge in [-0.2, -0.15) is 0 Å². The minimum Gasteiger partial charge on any atom is -0.494 e. The Bertz CT molecular complexity index is 590. The SMILES string of the molecule is COc1ccc(C(C)Nc2cc(C)cc(C)c2)cc1F. The minimum atomic E-state index is -0.334. The fourth-order valence-electron chi connectivity index (χ4n) is 2.34. The second-order valence-corrected chi connectivity index (χ2v) is 5.14. The van der Waals surface area contributed by atoms with E-state index in [1.807, 2.05) is 13.0 Å². The van der Waals surface area contributed by atoms with Crippen molar-refractivity contribution in [1.82, 2.24) is 0 Å². The fraction of sp³-hybridized carbons (Fsp3) is 0.294. The molecule has 1 unspecified atom stereocenters. The average Bonchev–Trinajstić information content (AvgIpc) is 2.37. The van der Waals surface area contributed by atoms with Crippen LogP contribution in [-0.4, -0.2) is 7.11 Å². The van der Waals surface area contributed by atoms with Crippen LogP contribution in [0.2, 0.25) is 0 Å². The first-order chi connectivity index (χ1) is 9.49. The van der Waals surface area contributed by atoms with E-state index < -0.39 is 0 Å². The number of aryl methyl sites for hydroxylation is 2. The van der Waals surface area contributed by atoms with E-state index in [2.05, 4.69) is 37.4 Å². The molecule has 0 aliphatic heterocycles. The van der Waals surface area contributed by atoms with E-state index >= 15 is 0 Å². The summed E-state index contributed by atoms with van der Waals surface area (Å²) in [4.78, 5) is 0. The maximum Gasteiger partial charge on any atom is 0.165 e. The van der Waals surface area contributed by atoms with Gasteiger partial charge in [0, 0.05) is 11.7 Å². The molecule has 2 nitrogen and oxygen atoms in total. The van der Waals surface area contributed by atoms with Crippen LogP contribution in [-0.2, 0) is 0 Å². The van der Waals surface area contributed by atoms with Gasteiger partial charge in [0.2, 0.25) is 0 Å². The molecule has 0 aromatic heterocycles. The van der Waals surface area contributed by atoms with E-state index in [9.17, 15) is 4.39 Å². The van der Waals surface area contributed by atoms with Gasteiger partial charge in [0.15, 0.2) is 11.6 Å². The van der Waals surface area contributed by atoms with Crippen LogP contribution in [0.3, 0.4) is 0 Å². The summed E-state index contributed by atoms with van der Waals surface area (Å²) in [7, 11) is 1.47. The van der Waals surface area contributed by atoms with E-state index in [0.717, 1.165) is 11.3 Å². The summed E-state index contributed by atoms with van der Waals surface area (Å²) in [6, 6.07) is 11.4. The molecule has 0 bridgehead atoms. The van der Waals surface area contributed by atoms with Crippen molar-refractivity contribution in [1.29, 1.82) is 0 Å². The maximum absolute atomic E-state index is 13.7. The summed E-state index contributed by atoms with van der Waals surface area (Å²) in [5.41, 5.74) is 4.36. The summed E-state index contributed by atoms with van der Waals surface area (Å²) in [5.74, 6) is -0.0635. The average molecular weight is 273 g/mol. The van der Waals surface area contributed by atoms with Gasteiger partial charge in [-0.25, -0.2) is 4.39 Å². The highest BCUT2D eigenvalue weighted by Gasteiger charge is 2.10. The number of anilines is 1. The number of hydrogen-bond acceptors (Lipinski definition) is 2. The highest BCUT2D eigenvalue weighted by molar-refractivity contribution is 5.50. The molecule has 2 rings (SSSR count). The van der Waals surface area contributed by atoms with Gasteiger partial charge in [0.25, 0.3) is 0 Å². The molecule has 0 saturated carbocycles. The lowest BCUT2D eigenvalue weighted by Gasteiger charge is -2.17. The fourth-order valence-corrected chi connectivity index (χ4v) is 2.34. The Kier molecular flexibility index (Phi) is 4.28. The van der Waals surface area contributed by atoms with Crippen LogP contribution in [0, 0.1) is 19.7 Å². The molecule has 0 radical (unpaired) electrons. The van der Waals surface area contributed by atoms with Crippen molar-refractivity contribution < 1.29 is 9.13 Å². The van der Waals surface area contributed by atoms with Crippen LogP contribution in [0.15, 0.2) is 36.4 Å². The molecule has 0 spiro atoms. The number of ether oxygens (including phenoxy) is 1. The van der Waals surface area contributed by atoms with E-state index in [1.54, 1.807) is 6.07 Å². The van der Waals surface area contributed by atoms with Crippen molar-refractivity contribution in [3.05, 3.63) is 58.9 Å². The van der Waals surface area contributed by atoms with Gasteiger partial charge < -0.3 is 10.1 Å². The Morgan fingerprint density at radius 1 is 1.05 bits per heavy atom. The minimum absolute atomic E-state index is 0.0246. The van der Waals surface area contributed by atoms with Gasteiger partial charge in [-0.3, -0.25) is 0 Å². The third-order valence-corrected chi connectivity index (χ3v) is 3.28. The first-order valence-electron chi connectivity index (χ1n) is 6.68. The Hall–Kier alpha value is -2.03. The predicted molar refractivity (Wildman–Crippen MR) is 80.9 cm³/mol. The Morgan fingerprint density at radius 2 is 1.70 bits per heavy atom. The highest BCUT2D eigenvalue weighted by atomic mass is 19.1. The molecule has 0 fully saturated rings. The molecule has 106 valence electrons. The summed E-state index contributed by atoms with van der Waals surface area (Å²) in [6.45, 7) is 6.14. The molecule has 0 heterocycles. The third kappa shape index (κ3) is 3.29.